The summed E-state index contributed by atoms with van der Waals surface area (Å²) in [5.41, 5.74) is 1.06. The molecule has 6 nitrogen and oxygen atoms in total. The lowest BCUT2D eigenvalue weighted by atomic mass is 9.97. The molecule has 156 valence electrons. The molecule has 0 aromatic heterocycles. The van der Waals surface area contributed by atoms with E-state index >= 15 is 0 Å². The van der Waals surface area contributed by atoms with Gasteiger partial charge in [-0.25, -0.2) is 8.42 Å². The minimum Gasteiger partial charge on any atom is -0.497 e. The summed E-state index contributed by atoms with van der Waals surface area (Å²) in [5, 5.41) is 3.10. The third-order valence-corrected chi connectivity index (χ3v) is 7.26. The number of amides is 1. The largest absolute Gasteiger partial charge is 0.497 e. The monoisotopic (exact) mass is 416 g/mol. The molecule has 3 rings (SSSR count). The van der Waals surface area contributed by atoms with Crippen molar-refractivity contribution < 1.29 is 17.9 Å². The Hall–Kier alpha value is -2.38. The first kappa shape index (κ1) is 21.3. The van der Waals surface area contributed by atoms with Gasteiger partial charge in [0.25, 0.3) is 0 Å². The summed E-state index contributed by atoms with van der Waals surface area (Å²) < 4.78 is 32.5. The zero-order chi connectivity index (χ0) is 20.9. The Labute approximate surface area is 172 Å². The molecule has 1 saturated heterocycles. The molecule has 1 N–H and O–H groups in total. The van der Waals surface area contributed by atoms with Gasteiger partial charge in [-0.1, -0.05) is 37.3 Å². The number of hydrogen-bond donors (Lipinski definition) is 1. The molecule has 7 heteroatoms. The van der Waals surface area contributed by atoms with Crippen molar-refractivity contribution in [2.24, 2.45) is 5.92 Å². The number of sulfonamides is 1. The third-order valence-electron chi connectivity index (χ3n) is 5.38. The van der Waals surface area contributed by atoms with Gasteiger partial charge in [-0.3, -0.25) is 4.79 Å². The van der Waals surface area contributed by atoms with Crippen molar-refractivity contribution in [2.75, 3.05) is 20.2 Å². The number of carbonyl (C=O) groups excluding carboxylic acids is 1. The summed E-state index contributed by atoms with van der Waals surface area (Å²) in [4.78, 5) is 13.1. The predicted molar refractivity (Wildman–Crippen MR) is 112 cm³/mol. The van der Waals surface area contributed by atoms with Crippen LogP contribution in [0.2, 0.25) is 0 Å². The summed E-state index contributed by atoms with van der Waals surface area (Å²) in [5.74, 6) is 0.163. The van der Waals surface area contributed by atoms with Gasteiger partial charge in [0.1, 0.15) is 5.75 Å². The summed E-state index contributed by atoms with van der Waals surface area (Å²) in [6.45, 7) is 2.65. The highest BCUT2D eigenvalue weighted by molar-refractivity contribution is 7.89. The fourth-order valence-corrected chi connectivity index (χ4v) is 5.19. The first-order valence-electron chi connectivity index (χ1n) is 9.95. The van der Waals surface area contributed by atoms with E-state index in [0.29, 0.717) is 25.1 Å². The van der Waals surface area contributed by atoms with Crippen LogP contribution in [0.5, 0.6) is 5.75 Å². The number of piperidine rings is 1. The van der Waals surface area contributed by atoms with E-state index < -0.39 is 10.0 Å². The molecule has 1 aliphatic rings. The van der Waals surface area contributed by atoms with Gasteiger partial charge in [-0.05, 0) is 49.1 Å². The summed E-state index contributed by atoms with van der Waals surface area (Å²) in [6.07, 6.45) is 2.12. The second-order valence-corrected chi connectivity index (χ2v) is 9.20. The quantitative estimate of drug-likeness (QED) is 0.751. The van der Waals surface area contributed by atoms with Crippen LogP contribution in [0, 0.1) is 5.92 Å². The molecule has 0 spiro atoms. The Morgan fingerprint density at radius 2 is 1.86 bits per heavy atom. The topological polar surface area (TPSA) is 75.7 Å². The first-order valence-corrected chi connectivity index (χ1v) is 11.4. The molecule has 1 aliphatic heterocycles. The van der Waals surface area contributed by atoms with Crippen molar-refractivity contribution >= 4 is 15.9 Å². The van der Waals surface area contributed by atoms with Crippen molar-refractivity contribution in [2.45, 2.75) is 37.1 Å². The lowest BCUT2D eigenvalue weighted by Gasteiger charge is -2.32. The number of benzene rings is 2. The van der Waals surface area contributed by atoms with Crippen molar-refractivity contribution in [1.82, 2.24) is 9.62 Å². The zero-order valence-corrected chi connectivity index (χ0v) is 17.7. The zero-order valence-electron chi connectivity index (χ0n) is 16.9. The molecule has 1 fully saturated rings. The lowest BCUT2D eigenvalue weighted by molar-refractivity contribution is -0.126. The molecular formula is C22H28N2O4S. The minimum atomic E-state index is -3.64. The number of nitrogens with one attached hydrogen (secondary N) is 1. The maximum atomic E-state index is 13.0. The van der Waals surface area contributed by atoms with Crippen LogP contribution in [0.4, 0.5) is 0 Å². The number of carbonyl (C=O) groups is 1. The van der Waals surface area contributed by atoms with E-state index in [1.165, 1.54) is 11.4 Å². The number of rotatable bonds is 7. The highest BCUT2D eigenvalue weighted by Crippen LogP contribution is 2.26. The Kier molecular flexibility index (Phi) is 6.92. The van der Waals surface area contributed by atoms with Crippen LogP contribution in [-0.2, 0) is 14.8 Å². The van der Waals surface area contributed by atoms with E-state index in [4.69, 9.17) is 4.74 Å². The van der Waals surface area contributed by atoms with E-state index in [1.54, 1.807) is 24.3 Å². The van der Waals surface area contributed by atoms with Gasteiger partial charge in [0.05, 0.1) is 24.0 Å². The Bertz CT molecular complexity index is 914. The van der Waals surface area contributed by atoms with Crippen molar-refractivity contribution in [1.29, 1.82) is 0 Å². The second kappa shape index (κ2) is 9.41. The van der Waals surface area contributed by atoms with Crippen LogP contribution in [0.15, 0.2) is 59.5 Å². The van der Waals surface area contributed by atoms with Gasteiger partial charge in [-0.15, -0.1) is 0 Å². The maximum Gasteiger partial charge on any atom is 0.243 e. The number of methoxy groups -OCH3 is 1. The highest BCUT2D eigenvalue weighted by Gasteiger charge is 2.33. The molecule has 29 heavy (non-hydrogen) atoms. The van der Waals surface area contributed by atoms with Gasteiger partial charge in [-0.2, -0.15) is 4.31 Å². The third kappa shape index (κ3) is 4.97. The van der Waals surface area contributed by atoms with Gasteiger partial charge < -0.3 is 10.1 Å². The predicted octanol–water partition coefficient (Wildman–Crippen LogP) is 3.36. The fraction of sp³-hybridized carbons (Fsp3) is 0.409. The van der Waals surface area contributed by atoms with E-state index in [1.807, 2.05) is 37.3 Å². The average Bonchev–Trinajstić information content (AvgIpc) is 2.78. The van der Waals surface area contributed by atoms with Gasteiger partial charge in [0, 0.05) is 13.1 Å². The van der Waals surface area contributed by atoms with Gasteiger partial charge in [0.15, 0.2) is 0 Å². The van der Waals surface area contributed by atoms with Crippen LogP contribution in [0.1, 0.15) is 37.8 Å². The molecule has 1 heterocycles. The van der Waals surface area contributed by atoms with Gasteiger partial charge >= 0.3 is 0 Å². The molecule has 1 amide bonds. The molecule has 0 aliphatic carbocycles. The van der Waals surface area contributed by atoms with Crippen LogP contribution >= 0.6 is 0 Å². The molecule has 2 aromatic rings. The summed E-state index contributed by atoms with van der Waals surface area (Å²) in [7, 11) is -2.10. The normalized spacial score (nSPS) is 18.8. The Morgan fingerprint density at radius 3 is 2.48 bits per heavy atom. The molecule has 2 atom stereocenters. The molecule has 0 saturated carbocycles. The van der Waals surface area contributed by atoms with Gasteiger partial charge in [0.2, 0.25) is 15.9 Å². The van der Waals surface area contributed by atoms with Crippen molar-refractivity contribution in [3.8, 4) is 5.75 Å². The van der Waals surface area contributed by atoms with Crippen molar-refractivity contribution in [3.63, 3.8) is 0 Å². The van der Waals surface area contributed by atoms with Crippen LogP contribution in [-0.4, -0.2) is 38.8 Å². The maximum absolute atomic E-state index is 13.0. The Balaban J connectivity index is 1.69. The van der Waals surface area contributed by atoms with Crippen molar-refractivity contribution in [3.05, 3.63) is 60.2 Å². The molecule has 0 unspecified atom stereocenters. The van der Waals surface area contributed by atoms with Crippen LogP contribution in [0.25, 0.3) is 0 Å². The second-order valence-electron chi connectivity index (χ2n) is 7.26. The summed E-state index contributed by atoms with van der Waals surface area (Å²) in [6, 6.07) is 16.1. The number of nitrogens with zero attached hydrogens (tertiary/aromatic N) is 1. The molecular weight excluding hydrogens is 388 g/mol. The lowest BCUT2D eigenvalue weighted by Crippen LogP contribution is -2.46. The van der Waals surface area contributed by atoms with Crippen LogP contribution < -0.4 is 10.1 Å². The first-order chi connectivity index (χ1) is 14.0. The minimum absolute atomic E-state index is 0.0720. The van der Waals surface area contributed by atoms with Crippen LogP contribution in [0.3, 0.4) is 0 Å². The smallest absolute Gasteiger partial charge is 0.243 e. The van der Waals surface area contributed by atoms with E-state index in [-0.39, 0.29) is 29.3 Å². The SMILES string of the molecule is CC[C@H](NC(=O)[C@@H]1CCCN(S(=O)(=O)c2ccc(OC)cc2)C1)c1ccccc1. The highest BCUT2D eigenvalue weighted by atomic mass is 32.2. The van der Waals surface area contributed by atoms with E-state index in [2.05, 4.69) is 5.32 Å². The average molecular weight is 417 g/mol. The molecule has 2 aromatic carbocycles. The Morgan fingerprint density at radius 1 is 1.17 bits per heavy atom. The summed E-state index contributed by atoms with van der Waals surface area (Å²) >= 11 is 0. The van der Waals surface area contributed by atoms with E-state index in [9.17, 15) is 13.2 Å². The van der Waals surface area contributed by atoms with E-state index in [0.717, 1.165) is 12.0 Å². The number of ether oxygens (including phenoxy) is 1. The standard InChI is InChI=1S/C22H28N2O4S/c1-3-21(17-8-5-4-6-9-17)23-22(25)18-10-7-15-24(16-18)29(26,27)20-13-11-19(28-2)12-14-20/h4-6,8-9,11-14,18,21H,3,7,10,15-16H2,1-2H3,(H,23,25)/t18-,21+/m1/s1. The fourth-order valence-electron chi connectivity index (χ4n) is 3.67. The number of hydrogen-bond acceptors (Lipinski definition) is 4. The molecule has 0 radical (unpaired) electrons. The molecule has 0 bridgehead atoms.